The maximum Gasteiger partial charge on any atom is 0.332 e. The van der Waals surface area contributed by atoms with Crippen LogP contribution in [-0.4, -0.2) is 37.0 Å². The van der Waals surface area contributed by atoms with Gasteiger partial charge in [-0.1, -0.05) is 17.4 Å². The Morgan fingerprint density at radius 1 is 1.16 bits per heavy atom. The Morgan fingerprint density at radius 2 is 2.00 bits per heavy atom. The molecule has 0 unspecified atom stereocenters. The summed E-state index contributed by atoms with van der Waals surface area (Å²) in [6, 6.07) is 8.37. The molecule has 162 valence electrons. The molecule has 0 atom stereocenters. The van der Waals surface area contributed by atoms with Crippen molar-refractivity contribution in [1.82, 2.24) is 24.3 Å². The highest BCUT2D eigenvalue weighted by Gasteiger charge is 2.19. The van der Waals surface area contributed by atoms with Crippen LogP contribution in [-0.2, 0) is 17.9 Å². The van der Waals surface area contributed by atoms with E-state index < -0.39 is 17.2 Å². The van der Waals surface area contributed by atoms with Gasteiger partial charge in [-0.2, -0.15) is 0 Å². The van der Waals surface area contributed by atoms with Crippen LogP contribution in [0.15, 0.2) is 46.1 Å². The minimum absolute atomic E-state index is 0.0158. The van der Waals surface area contributed by atoms with Gasteiger partial charge in [0.1, 0.15) is 11.6 Å². The van der Waals surface area contributed by atoms with Crippen LogP contribution in [0.25, 0.3) is 11.0 Å². The molecule has 1 aliphatic heterocycles. The molecule has 5 rings (SSSR count). The molecule has 4 aromatic rings. The number of aromatic nitrogens is 5. The van der Waals surface area contributed by atoms with E-state index in [0.29, 0.717) is 27.2 Å². The SMILES string of the molecule is Cc1nnc(NC(=O)Cn2c(=O)n(Cc3ccc4c(c3)OCO4)c(=O)c3ncccc32)s1. The number of aryl methyl sites for hydroxylation is 1. The topological polar surface area (TPSA) is 130 Å². The molecule has 0 saturated carbocycles. The van der Waals surface area contributed by atoms with Crippen molar-refractivity contribution in [2.24, 2.45) is 0 Å². The summed E-state index contributed by atoms with van der Waals surface area (Å²) in [6.45, 7) is 1.55. The van der Waals surface area contributed by atoms with Crippen molar-refractivity contribution in [2.45, 2.75) is 20.0 Å². The van der Waals surface area contributed by atoms with Crippen molar-refractivity contribution in [3.63, 3.8) is 0 Å². The highest BCUT2D eigenvalue weighted by atomic mass is 32.1. The zero-order valence-electron chi connectivity index (χ0n) is 16.8. The first kappa shape index (κ1) is 19.9. The van der Waals surface area contributed by atoms with Gasteiger partial charge in [0.2, 0.25) is 17.8 Å². The number of hydrogen-bond acceptors (Lipinski definition) is 9. The van der Waals surface area contributed by atoms with E-state index in [2.05, 4.69) is 20.5 Å². The Hall–Kier alpha value is -4.06. The minimum atomic E-state index is -0.628. The van der Waals surface area contributed by atoms with Crippen molar-refractivity contribution in [2.75, 3.05) is 12.1 Å². The first-order chi connectivity index (χ1) is 15.5. The number of hydrogen-bond donors (Lipinski definition) is 1. The second-order valence-electron chi connectivity index (χ2n) is 6.99. The summed E-state index contributed by atoms with van der Waals surface area (Å²) in [7, 11) is 0. The van der Waals surface area contributed by atoms with Crippen LogP contribution < -0.4 is 26.0 Å². The van der Waals surface area contributed by atoms with Crippen molar-refractivity contribution in [3.05, 3.63) is 67.9 Å². The summed E-state index contributed by atoms with van der Waals surface area (Å²) in [5, 5.41) is 11.4. The number of carbonyl (C=O) groups excluding carboxylic acids is 1. The lowest BCUT2D eigenvalue weighted by Crippen LogP contribution is -2.42. The molecule has 0 radical (unpaired) electrons. The fourth-order valence-electron chi connectivity index (χ4n) is 3.41. The fourth-order valence-corrected chi connectivity index (χ4v) is 4.01. The number of pyridine rings is 1. The summed E-state index contributed by atoms with van der Waals surface area (Å²) >= 11 is 1.22. The second kappa shape index (κ2) is 7.89. The number of nitrogens with one attached hydrogen (secondary N) is 1. The van der Waals surface area contributed by atoms with E-state index in [1.165, 1.54) is 22.1 Å². The van der Waals surface area contributed by atoms with Gasteiger partial charge >= 0.3 is 5.69 Å². The Labute approximate surface area is 183 Å². The van der Waals surface area contributed by atoms with Crippen LogP contribution >= 0.6 is 11.3 Å². The highest BCUT2D eigenvalue weighted by molar-refractivity contribution is 7.15. The summed E-state index contributed by atoms with van der Waals surface area (Å²) in [4.78, 5) is 43.1. The number of nitrogens with zero attached hydrogens (tertiary/aromatic N) is 5. The first-order valence-electron chi connectivity index (χ1n) is 9.56. The molecule has 32 heavy (non-hydrogen) atoms. The molecule has 1 N–H and O–H groups in total. The van der Waals surface area contributed by atoms with E-state index in [1.54, 1.807) is 37.3 Å². The van der Waals surface area contributed by atoms with Crippen molar-refractivity contribution in [1.29, 1.82) is 0 Å². The van der Waals surface area contributed by atoms with E-state index in [0.717, 1.165) is 4.57 Å². The number of benzene rings is 1. The molecule has 0 spiro atoms. The lowest BCUT2D eigenvalue weighted by molar-refractivity contribution is -0.116. The van der Waals surface area contributed by atoms with Crippen LogP contribution in [0.5, 0.6) is 11.5 Å². The van der Waals surface area contributed by atoms with Gasteiger partial charge in [0.05, 0.1) is 12.1 Å². The number of carbonyl (C=O) groups is 1. The van der Waals surface area contributed by atoms with Gasteiger partial charge in [-0.15, -0.1) is 10.2 Å². The molecule has 4 heterocycles. The Bertz CT molecular complexity index is 1470. The Morgan fingerprint density at radius 3 is 2.81 bits per heavy atom. The molecule has 0 bridgehead atoms. The van der Waals surface area contributed by atoms with Gasteiger partial charge in [-0.05, 0) is 36.8 Å². The van der Waals surface area contributed by atoms with Crippen molar-refractivity contribution < 1.29 is 14.3 Å². The van der Waals surface area contributed by atoms with Crippen LogP contribution in [0.3, 0.4) is 0 Å². The Kier molecular flexibility index (Phi) is 4.90. The summed E-state index contributed by atoms with van der Waals surface area (Å²) in [5.41, 5.74) is -0.138. The zero-order valence-corrected chi connectivity index (χ0v) is 17.6. The minimum Gasteiger partial charge on any atom is -0.454 e. The fraction of sp³-hybridized carbons (Fsp3) is 0.200. The molecule has 12 heteroatoms. The van der Waals surface area contributed by atoms with Gasteiger partial charge in [0.25, 0.3) is 5.56 Å². The lowest BCUT2D eigenvalue weighted by atomic mass is 10.2. The van der Waals surface area contributed by atoms with E-state index in [4.69, 9.17) is 9.47 Å². The monoisotopic (exact) mass is 452 g/mol. The normalized spacial score (nSPS) is 12.3. The molecule has 0 fully saturated rings. The summed E-state index contributed by atoms with van der Waals surface area (Å²) < 4.78 is 12.9. The number of amides is 1. The molecular weight excluding hydrogens is 436 g/mol. The molecule has 1 aromatic carbocycles. The van der Waals surface area contributed by atoms with Gasteiger partial charge in [0, 0.05) is 6.20 Å². The maximum atomic E-state index is 13.3. The summed E-state index contributed by atoms with van der Waals surface area (Å²) in [5.74, 6) is 0.672. The van der Waals surface area contributed by atoms with Crippen LogP contribution in [0.2, 0.25) is 0 Å². The number of ether oxygens (including phenoxy) is 2. The molecule has 1 aliphatic rings. The quantitative estimate of drug-likeness (QED) is 0.477. The van der Waals surface area contributed by atoms with Gasteiger partial charge in [-0.3, -0.25) is 24.0 Å². The molecule has 0 aliphatic carbocycles. The number of anilines is 1. The summed E-state index contributed by atoms with van der Waals surface area (Å²) in [6.07, 6.45) is 1.47. The standard InChI is InChI=1S/C20H16N6O5S/c1-11-23-24-19(32-11)22-16(27)9-25-13-3-2-6-21-17(13)18(28)26(20(25)29)8-12-4-5-14-15(7-12)31-10-30-14/h2-7H,8-10H2,1H3,(H,22,24,27). The molecule has 11 nitrogen and oxygen atoms in total. The molecular formula is C20H16N6O5S. The van der Waals surface area contributed by atoms with E-state index in [9.17, 15) is 14.4 Å². The number of fused-ring (bicyclic) bond motifs is 2. The van der Waals surface area contributed by atoms with E-state index in [-0.39, 0.29) is 30.9 Å². The molecule has 1 amide bonds. The van der Waals surface area contributed by atoms with Crippen LogP contribution in [0, 0.1) is 6.92 Å². The molecule has 0 saturated heterocycles. The maximum absolute atomic E-state index is 13.3. The Balaban J connectivity index is 1.54. The van der Waals surface area contributed by atoms with E-state index >= 15 is 0 Å². The predicted octanol–water partition coefficient (Wildman–Crippen LogP) is 1.13. The smallest absolute Gasteiger partial charge is 0.332 e. The van der Waals surface area contributed by atoms with Gasteiger partial charge in [-0.25, -0.2) is 9.78 Å². The lowest BCUT2D eigenvalue weighted by Gasteiger charge is -2.13. The van der Waals surface area contributed by atoms with Gasteiger partial charge in [0.15, 0.2) is 17.0 Å². The molecule has 3 aromatic heterocycles. The zero-order chi connectivity index (χ0) is 22.2. The van der Waals surface area contributed by atoms with Gasteiger partial charge < -0.3 is 9.47 Å². The van der Waals surface area contributed by atoms with E-state index in [1.807, 2.05) is 0 Å². The largest absolute Gasteiger partial charge is 0.454 e. The average Bonchev–Trinajstić information content (AvgIpc) is 3.42. The third-order valence-electron chi connectivity index (χ3n) is 4.84. The average molecular weight is 452 g/mol. The first-order valence-corrected chi connectivity index (χ1v) is 10.4. The van der Waals surface area contributed by atoms with Crippen molar-refractivity contribution >= 4 is 33.4 Å². The van der Waals surface area contributed by atoms with Crippen LogP contribution in [0.4, 0.5) is 5.13 Å². The van der Waals surface area contributed by atoms with Crippen molar-refractivity contribution in [3.8, 4) is 11.5 Å². The number of rotatable bonds is 5. The highest BCUT2D eigenvalue weighted by Crippen LogP contribution is 2.32. The third kappa shape index (κ3) is 3.60. The predicted molar refractivity (Wildman–Crippen MR) is 115 cm³/mol. The van der Waals surface area contributed by atoms with Crippen LogP contribution in [0.1, 0.15) is 10.6 Å². The second-order valence-corrected chi connectivity index (χ2v) is 8.17. The third-order valence-corrected chi connectivity index (χ3v) is 5.59.